The molecular formula is C18H18ClFN4O4S. The highest BCUT2D eigenvalue weighted by Crippen LogP contribution is 2.38. The number of sulfonamides is 1. The number of rotatable bonds is 6. The maximum absolute atomic E-state index is 14.4. The molecule has 0 aliphatic heterocycles. The molecule has 29 heavy (non-hydrogen) atoms. The summed E-state index contributed by atoms with van der Waals surface area (Å²) in [6, 6.07) is 3.10. The average molecular weight is 441 g/mol. The second-order valence-corrected chi connectivity index (χ2v) is 8.58. The van der Waals surface area contributed by atoms with E-state index < -0.39 is 21.6 Å². The van der Waals surface area contributed by atoms with Crippen molar-refractivity contribution in [3.8, 4) is 11.5 Å². The molecule has 0 saturated heterocycles. The number of aryl methyl sites for hydroxylation is 2. The Morgan fingerprint density at radius 1 is 1.31 bits per heavy atom. The van der Waals surface area contributed by atoms with Crippen molar-refractivity contribution >= 4 is 38.3 Å². The molecule has 0 amide bonds. The highest BCUT2D eigenvalue weighted by atomic mass is 35.5. The van der Waals surface area contributed by atoms with Gasteiger partial charge < -0.3 is 9.30 Å². The van der Waals surface area contributed by atoms with Crippen LogP contribution in [0.3, 0.4) is 0 Å². The summed E-state index contributed by atoms with van der Waals surface area (Å²) >= 11 is 6.16. The van der Waals surface area contributed by atoms with Crippen molar-refractivity contribution < 1.29 is 17.5 Å². The van der Waals surface area contributed by atoms with Gasteiger partial charge in [0.1, 0.15) is 10.8 Å². The van der Waals surface area contributed by atoms with E-state index in [1.165, 1.54) is 17.0 Å². The zero-order chi connectivity index (χ0) is 21.3. The summed E-state index contributed by atoms with van der Waals surface area (Å²) in [4.78, 5) is 20.3. The zero-order valence-corrected chi connectivity index (χ0v) is 17.4. The van der Waals surface area contributed by atoms with Gasteiger partial charge in [0.15, 0.2) is 17.4 Å². The molecule has 0 spiro atoms. The fourth-order valence-corrected chi connectivity index (χ4v) is 4.10. The first-order valence-corrected chi connectivity index (χ1v) is 10.6. The van der Waals surface area contributed by atoms with Crippen molar-refractivity contribution in [1.82, 2.24) is 14.5 Å². The summed E-state index contributed by atoms with van der Waals surface area (Å²) < 4.78 is 47.5. The molecule has 11 heteroatoms. The van der Waals surface area contributed by atoms with E-state index in [-0.39, 0.29) is 27.9 Å². The van der Waals surface area contributed by atoms with Gasteiger partial charge in [-0.05, 0) is 25.5 Å². The molecule has 2 aromatic heterocycles. The summed E-state index contributed by atoms with van der Waals surface area (Å²) in [5, 5.41) is -0.00905. The molecule has 0 unspecified atom stereocenters. The monoisotopic (exact) mass is 440 g/mol. The normalized spacial score (nSPS) is 11.6. The Hall–Kier alpha value is -2.72. The smallest absolute Gasteiger partial charge is 0.261 e. The van der Waals surface area contributed by atoms with E-state index in [9.17, 15) is 17.6 Å². The predicted octanol–water partition coefficient (Wildman–Crippen LogP) is 3.37. The van der Waals surface area contributed by atoms with Crippen LogP contribution in [-0.2, 0) is 17.1 Å². The van der Waals surface area contributed by atoms with Crippen molar-refractivity contribution in [2.75, 3.05) is 10.5 Å². The van der Waals surface area contributed by atoms with Gasteiger partial charge in [-0.2, -0.15) is 0 Å². The molecule has 154 valence electrons. The first-order chi connectivity index (χ1) is 13.6. The van der Waals surface area contributed by atoms with Crippen molar-refractivity contribution in [2.24, 2.45) is 7.05 Å². The Bertz CT molecular complexity index is 1260. The van der Waals surface area contributed by atoms with Gasteiger partial charge in [-0.25, -0.2) is 22.8 Å². The van der Waals surface area contributed by atoms with Crippen LogP contribution in [0.15, 0.2) is 29.5 Å². The van der Waals surface area contributed by atoms with Crippen LogP contribution in [-0.4, -0.2) is 28.7 Å². The number of nitrogens with one attached hydrogen (secondary N) is 1. The lowest BCUT2D eigenvalue weighted by Crippen LogP contribution is -2.18. The predicted molar refractivity (Wildman–Crippen MR) is 109 cm³/mol. The lowest BCUT2D eigenvalue weighted by molar-refractivity contribution is 0.439. The number of benzene rings is 1. The molecular weight excluding hydrogens is 423 g/mol. The third kappa shape index (κ3) is 4.18. The first-order valence-electron chi connectivity index (χ1n) is 8.62. The average Bonchev–Trinajstić information content (AvgIpc) is 2.65. The molecule has 3 rings (SSSR count). The van der Waals surface area contributed by atoms with E-state index in [1.807, 2.05) is 0 Å². The SMILES string of the molecule is CCCS(=O)(=O)Nc1ncc(F)c(Oc2ccc3ncn(C)c(=O)c3c2C)c1Cl. The molecule has 2 heterocycles. The minimum absolute atomic E-state index is 0.140. The number of hydrogen-bond acceptors (Lipinski definition) is 6. The molecule has 0 atom stereocenters. The standard InChI is InChI=1S/C18H18ClFN4O4S/c1-4-7-29(26,27)23-17-15(19)16(11(20)8-21-17)28-13-6-5-12-14(10(13)2)18(25)24(3)9-22-12/h5-6,8-9H,4,7H2,1-3H3,(H,21,23). The highest BCUT2D eigenvalue weighted by molar-refractivity contribution is 7.92. The molecule has 1 aromatic carbocycles. The summed E-state index contributed by atoms with van der Waals surface area (Å²) in [6.07, 6.45) is 2.59. The van der Waals surface area contributed by atoms with Crippen LogP contribution < -0.4 is 15.0 Å². The number of fused-ring (bicyclic) bond motifs is 1. The Morgan fingerprint density at radius 3 is 2.72 bits per heavy atom. The lowest BCUT2D eigenvalue weighted by Gasteiger charge is -2.15. The second kappa shape index (κ2) is 7.96. The Morgan fingerprint density at radius 2 is 2.03 bits per heavy atom. The topological polar surface area (TPSA) is 103 Å². The van der Waals surface area contributed by atoms with E-state index in [4.69, 9.17) is 16.3 Å². The molecule has 0 bridgehead atoms. The van der Waals surface area contributed by atoms with Gasteiger partial charge in [-0.1, -0.05) is 18.5 Å². The molecule has 0 radical (unpaired) electrons. The zero-order valence-electron chi connectivity index (χ0n) is 15.9. The maximum atomic E-state index is 14.4. The summed E-state index contributed by atoms with van der Waals surface area (Å²) in [7, 11) is -2.12. The van der Waals surface area contributed by atoms with Gasteiger partial charge in [-0.15, -0.1) is 0 Å². The van der Waals surface area contributed by atoms with Crippen LogP contribution in [0.4, 0.5) is 10.2 Å². The number of pyridine rings is 1. The first kappa shape index (κ1) is 21.0. The maximum Gasteiger partial charge on any atom is 0.261 e. The quantitative estimate of drug-likeness (QED) is 0.630. The van der Waals surface area contributed by atoms with Crippen LogP contribution >= 0.6 is 11.6 Å². The number of halogens is 2. The lowest BCUT2D eigenvalue weighted by atomic mass is 10.1. The van der Waals surface area contributed by atoms with Crippen molar-refractivity contribution in [2.45, 2.75) is 20.3 Å². The number of aromatic nitrogens is 3. The third-order valence-electron chi connectivity index (χ3n) is 4.17. The highest BCUT2D eigenvalue weighted by Gasteiger charge is 2.21. The summed E-state index contributed by atoms with van der Waals surface area (Å²) in [5.74, 6) is -1.49. The Balaban J connectivity index is 2.07. The molecule has 0 saturated carbocycles. The third-order valence-corrected chi connectivity index (χ3v) is 5.97. The molecule has 3 aromatic rings. The van der Waals surface area contributed by atoms with Gasteiger partial charge in [-0.3, -0.25) is 9.52 Å². The van der Waals surface area contributed by atoms with Gasteiger partial charge in [0.25, 0.3) is 5.56 Å². The minimum atomic E-state index is -3.68. The van der Waals surface area contributed by atoms with Gasteiger partial charge in [0.05, 0.1) is 29.2 Å². The van der Waals surface area contributed by atoms with Crippen LogP contribution in [0.2, 0.25) is 5.02 Å². The summed E-state index contributed by atoms with van der Waals surface area (Å²) in [5.41, 5.74) is 0.621. The Kier molecular flexibility index (Phi) is 5.76. The van der Waals surface area contributed by atoms with E-state index in [2.05, 4.69) is 14.7 Å². The van der Waals surface area contributed by atoms with Crippen LogP contribution in [0.25, 0.3) is 10.9 Å². The number of ether oxygens (including phenoxy) is 1. The van der Waals surface area contributed by atoms with Gasteiger partial charge in [0, 0.05) is 12.6 Å². The fourth-order valence-electron chi connectivity index (χ4n) is 2.73. The van der Waals surface area contributed by atoms with Crippen molar-refractivity contribution in [3.63, 3.8) is 0 Å². The van der Waals surface area contributed by atoms with E-state index in [0.717, 1.165) is 6.20 Å². The van der Waals surface area contributed by atoms with Gasteiger partial charge in [0.2, 0.25) is 10.0 Å². The molecule has 0 aliphatic rings. The largest absolute Gasteiger partial charge is 0.452 e. The molecule has 0 aliphatic carbocycles. The van der Waals surface area contributed by atoms with Crippen LogP contribution in [0.1, 0.15) is 18.9 Å². The molecule has 0 fully saturated rings. The van der Waals surface area contributed by atoms with Crippen molar-refractivity contribution in [3.05, 3.63) is 51.4 Å². The molecule has 1 N–H and O–H groups in total. The van der Waals surface area contributed by atoms with E-state index in [1.54, 1.807) is 27.0 Å². The fraction of sp³-hybridized carbons (Fsp3) is 0.278. The molecule has 8 nitrogen and oxygen atoms in total. The minimum Gasteiger partial charge on any atom is -0.452 e. The van der Waals surface area contributed by atoms with Gasteiger partial charge >= 0.3 is 0 Å². The number of anilines is 1. The summed E-state index contributed by atoms with van der Waals surface area (Å²) in [6.45, 7) is 3.34. The number of nitrogens with zero attached hydrogens (tertiary/aromatic N) is 3. The van der Waals surface area contributed by atoms with E-state index in [0.29, 0.717) is 22.9 Å². The Labute approximate surface area is 171 Å². The second-order valence-electron chi connectivity index (χ2n) is 6.36. The van der Waals surface area contributed by atoms with Crippen LogP contribution in [0, 0.1) is 12.7 Å². The van der Waals surface area contributed by atoms with Crippen molar-refractivity contribution in [1.29, 1.82) is 0 Å². The number of hydrogen-bond donors (Lipinski definition) is 1. The van der Waals surface area contributed by atoms with E-state index >= 15 is 0 Å². The van der Waals surface area contributed by atoms with Crippen LogP contribution in [0.5, 0.6) is 11.5 Å².